The number of phenols is 1. The summed E-state index contributed by atoms with van der Waals surface area (Å²) in [6, 6.07) is 13.7. The maximum atomic E-state index is 11.3. The average Bonchev–Trinajstić information content (AvgIpc) is 3.20. The highest BCUT2D eigenvalue weighted by molar-refractivity contribution is 5.76. The number of hydrogen-bond donors (Lipinski definition) is 4. The first-order chi connectivity index (χ1) is 16.0. The predicted octanol–water partition coefficient (Wildman–Crippen LogP) is 2.30. The number of hydrazine groups is 1. The molecule has 3 unspecified atom stereocenters. The van der Waals surface area contributed by atoms with Crippen molar-refractivity contribution in [2.75, 3.05) is 33.4 Å². The van der Waals surface area contributed by atoms with E-state index in [1.165, 1.54) is 5.56 Å². The van der Waals surface area contributed by atoms with Crippen LogP contribution in [0.1, 0.15) is 42.9 Å². The zero-order valence-electron chi connectivity index (χ0n) is 19.3. The second kappa shape index (κ2) is 10.4. The number of methoxy groups -OCH3 is 1. The fourth-order valence-electron chi connectivity index (χ4n) is 4.88. The molecule has 0 aliphatic carbocycles. The Labute approximate surface area is 195 Å². The van der Waals surface area contributed by atoms with E-state index < -0.39 is 0 Å². The number of ether oxygens (including phenoxy) is 2. The molecule has 2 saturated heterocycles. The normalized spacial score (nSPS) is 24.0. The van der Waals surface area contributed by atoms with Crippen LogP contribution in [0.4, 0.5) is 0 Å². The molecule has 5 N–H and O–H groups in total. The maximum Gasteiger partial charge on any atom is 0.220 e. The first-order valence-corrected chi connectivity index (χ1v) is 11.6. The summed E-state index contributed by atoms with van der Waals surface area (Å²) in [5, 5.41) is 10.8. The highest BCUT2D eigenvalue weighted by atomic mass is 16.5. The second-order valence-electron chi connectivity index (χ2n) is 8.94. The largest absolute Gasteiger partial charge is 0.507 e. The molecule has 0 spiro atoms. The topological polar surface area (TPSA) is 109 Å². The van der Waals surface area contributed by atoms with E-state index in [-0.39, 0.29) is 35.6 Å². The van der Waals surface area contributed by atoms with E-state index in [2.05, 4.69) is 34.8 Å². The minimum Gasteiger partial charge on any atom is -0.507 e. The van der Waals surface area contributed by atoms with E-state index in [0.29, 0.717) is 12.4 Å². The van der Waals surface area contributed by atoms with Crippen molar-refractivity contribution in [1.29, 1.82) is 0 Å². The van der Waals surface area contributed by atoms with E-state index in [1.54, 1.807) is 13.2 Å². The summed E-state index contributed by atoms with van der Waals surface area (Å²) < 4.78 is 11.2. The third kappa shape index (κ3) is 5.40. The molecule has 2 aromatic rings. The highest BCUT2D eigenvalue weighted by Gasteiger charge is 2.36. The van der Waals surface area contributed by atoms with Crippen LogP contribution in [0.5, 0.6) is 17.2 Å². The number of nitrogens with zero attached hydrogens (tertiary/aromatic N) is 1. The molecular weight excluding hydrogens is 420 g/mol. The summed E-state index contributed by atoms with van der Waals surface area (Å²) in [6.07, 6.45) is 1.61. The fraction of sp³-hybridized carbons (Fsp3) is 0.480. The molecule has 0 saturated carbocycles. The first kappa shape index (κ1) is 23.4. The van der Waals surface area contributed by atoms with Crippen LogP contribution < -0.4 is 26.1 Å². The summed E-state index contributed by atoms with van der Waals surface area (Å²) in [5.41, 5.74) is 14.0. The number of amides is 1. The Morgan fingerprint density at radius 2 is 1.82 bits per heavy atom. The number of hydrogen-bond acceptors (Lipinski definition) is 7. The van der Waals surface area contributed by atoms with Gasteiger partial charge >= 0.3 is 0 Å². The van der Waals surface area contributed by atoms with Crippen LogP contribution in [0.15, 0.2) is 42.5 Å². The van der Waals surface area contributed by atoms with Crippen LogP contribution >= 0.6 is 0 Å². The molecule has 2 aliphatic heterocycles. The number of nitrogens with one attached hydrogen (secondary N) is 2. The molecule has 0 bridgehead atoms. The SMILES string of the molecule is COc1ccc(C2C(C)NNC2c2ccc(OCCN3CCC(C(N)=O)CC3)cc2O)cc1. The Kier molecular flexibility index (Phi) is 7.37. The van der Waals surface area contributed by atoms with Crippen molar-refractivity contribution >= 4 is 5.91 Å². The van der Waals surface area contributed by atoms with Gasteiger partial charge in [0.15, 0.2) is 0 Å². The predicted molar refractivity (Wildman–Crippen MR) is 126 cm³/mol. The van der Waals surface area contributed by atoms with Crippen LogP contribution in [0.25, 0.3) is 0 Å². The molecule has 1 amide bonds. The molecule has 8 nitrogen and oxygen atoms in total. The minimum atomic E-state index is -0.197. The lowest BCUT2D eigenvalue weighted by Crippen LogP contribution is -2.40. The van der Waals surface area contributed by atoms with Crippen molar-refractivity contribution in [2.45, 2.75) is 37.8 Å². The number of carbonyl (C=O) groups excluding carboxylic acids is 1. The second-order valence-corrected chi connectivity index (χ2v) is 8.94. The smallest absolute Gasteiger partial charge is 0.220 e. The lowest BCUT2D eigenvalue weighted by molar-refractivity contribution is -0.123. The first-order valence-electron chi connectivity index (χ1n) is 11.6. The van der Waals surface area contributed by atoms with Crippen molar-refractivity contribution in [3.05, 3.63) is 53.6 Å². The Bertz CT molecular complexity index is 944. The van der Waals surface area contributed by atoms with E-state index >= 15 is 0 Å². The Balaban J connectivity index is 1.36. The number of phenolic OH excluding ortho intramolecular Hbond substituents is 1. The van der Waals surface area contributed by atoms with Gasteiger partial charge in [0.2, 0.25) is 5.91 Å². The summed E-state index contributed by atoms with van der Waals surface area (Å²) in [4.78, 5) is 13.6. The van der Waals surface area contributed by atoms with Crippen LogP contribution in [0, 0.1) is 5.92 Å². The number of aromatic hydroxyl groups is 1. The van der Waals surface area contributed by atoms with Gasteiger partial charge in [0.1, 0.15) is 23.9 Å². The maximum absolute atomic E-state index is 11.3. The Morgan fingerprint density at radius 3 is 2.45 bits per heavy atom. The van der Waals surface area contributed by atoms with Crippen molar-refractivity contribution in [3.8, 4) is 17.2 Å². The third-order valence-electron chi connectivity index (χ3n) is 6.87. The number of benzene rings is 2. The number of nitrogens with two attached hydrogens (primary N) is 1. The summed E-state index contributed by atoms with van der Waals surface area (Å²) in [6.45, 7) is 5.13. The standard InChI is InChI=1S/C25H34N4O4/c1-16-23(17-3-5-19(32-2)6-4-17)24(28-27-16)21-8-7-20(15-22(21)30)33-14-13-29-11-9-18(10-12-29)25(26)31/h3-8,15-16,18,23-24,27-28,30H,9-14H2,1-2H3,(H2,26,31). The number of rotatable bonds is 8. The summed E-state index contributed by atoms with van der Waals surface area (Å²) >= 11 is 0. The third-order valence-corrected chi connectivity index (χ3v) is 6.87. The van der Waals surface area contributed by atoms with E-state index in [9.17, 15) is 9.90 Å². The lowest BCUT2D eigenvalue weighted by Gasteiger charge is -2.30. The zero-order chi connectivity index (χ0) is 23.4. The minimum absolute atomic E-state index is 0.00481. The lowest BCUT2D eigenvalue weighted by atomic mass is 9.84. The molecule has 0 aromatic heterocycles. The van der Waals surface area contributed by atoms with Gasteiger partial charge in [-0.1, -0.05) is 18.2 Å². The van der Waals surface area contributed by atoms with Gasteiger partial charge in [-0.2, -0.15) is 0 Å². The van der Waals surface area contributed by atoms with E-state index in [0.717, 1.165) is 43.8 Å². The Hall–Kier alpha value is -2.81. The van der Waals surface area contributed by atoms with Gasteiger partial charge in [-0.05, 0) is 56.6 Å². The van der Waals surface area contributed by atoms with Gasteiger partial charge in [0.05, 0.1) is 13.2 Å². The molecule has 4 rings (SSSR count). The van der Waals surface area contributed by atoms with Gasteiger partial charge in [-0.25, -0.2) is 5.43 Å². The highest BCUT2D eigenvalue weighted by Crippen LogP contribution is 2.41. The van der Waals surface area contributed by atoms with Crippen molar-refractivity contribution < 1.29 is 19.4 Å². The van der Waals surface area contributed by atoms with Crippen LogP contribution in [-0.4, -0.2) is 55.3 Å². The molecule has 178 valence electrons. The van der Waals surface area contributed by atoms with Gasteiger partial charge in [0.25, 0.3) is 0 Å². The fourth-order valence-corrected chi connectivity index (χ4v) is 4.88. The van der Waals surface area contributed by atoms with E-state index in [1.807, 2.05) is 24.3 Å². The molecule has 2 heterocycles. The number of piperidine rings is 1. The van der Waals surface area contributed by atoms with Gasteiger partial charge in [0, 0.05) is 36.1 Å². The molecule has 2 aromatic carbocycles. The molecule has 0 radical (unpaired) electrons. The monoisotopic (exact) mass is 454 g/mol. The number of primary amides is 1. The molecule has 2 fully saturated rings. The molecule has 8 heteroatoms. The van der Waals surface area contributed by atoms with Gasteiger partial charge in [-0.15, -0.1) is 0 Å². The summed E-state index contributed by atoms with van der Waals surface area (Å²) in [5.74, 6) is 1.62. The number of likely N-dealkylation sites (tertiary alicyclic amines) is 1. The van der Waals surface area contributed by atoms with Crippen LogP contribution in [0.3, 0.4) is 0 Å². The molecule has 33 heavy (non-hydrogen) atoms. The summed E-state index contributed by atoms with van der Waals surface area (Å²) in [7, 11) is 1.66. The van der Waals surface area contributed by atoms with Gasteiger partial charge < -0.3 is 20.3 Å². The van der Waals surface area contributed by atoms with Crippen LogP contribution in [-0.2, 0) is 4.79 Å². The Morgan fingerprint density at radius 1 is 1.12 bits per heavy atom. The van der Waals surface area contributed by atoms with Gasteiger partial charge in [-0.3, -0.25) is 15.1 Å². The number of carbonyl (C=O) groups is 1. The van der Waals surface area contributed by atoms with E-state index in [4.69, 9.17) is 15.2 Å². The van der Waals surface area contributed by atoms with Crippen molar-refractivity contribution in [2.24, 2.45) is 11.7 Å². The zero-order valence-corrected chi connectivity index (χ0v) is 19.3. The molecule has 2 aliphatic rings. The van der Waals surface area contributed by atoms with Crippen molar-refractivity contribution in [3.63, 3.8) is 0 Å². The molecular formula is C25H34N4O4. The average molecular weight is 455 g/mol. The molecule has 3 atom stereocenters. The van der Waals surface area contributed by atoms with Crippen molar-refractivity contribution in [1.82, 2.24) is 15.8 Å². The quantitative estimate of drug-likeness (QED) is 0.485. The van der Waals surface area contributed by atoms with Crippen LogP contribution in [0.2, 0.25) is 0 Å².